The van der Waals surface area contributed by atoms with E-state index in [1.807, 2.05) is 0 Å². The van der Waals surface area contributed by atoms with E-state index in [0.29, 0.717) is 22.3 Å². The monoisotopic (exact) mass is 382 g/mol. The summed E-state index contributed by atoms with van der Waals surface area (Å²) < 4.78 is 9.22. The maximum absolute atomic E-state index is 11.6. The lowest BCUT2D eigenvalue weighted by Gasteiger charge is -2.00. The van der Waals surface area contributed by atoms with Crippen molar-refractivity contribution >= 4 is 30.4 Å². The van der Waals surface area contributed by atoms with Crippen molar-refractivity contribution in [1.82, 2.24) is 10.9 Å². The lowest BCUT2D eigenvalue weighted by Crippen LogP contribution is -2.28. The van der Waals surface area contributed by atoms with Crippen LogP contribution in [0.1, 0.15) is 31.8 Å². The van der Waals surface area contributed by atoms with Crippen LogP contribution in [0.3, 0.4) is 0 Å². The molecule has 0 atom stereocenters. The predicted molar refractivity (Wildman–Crippen MR) is 102 cm³/mol. The SMILES string of the molecule is COC(=O)c1ccc(C=NNC(=O)NN=Cc2ccc(C(=O)OC)cc2)cc1. The van der Waals surface area contributed by atoms with E-state index >= 15 is 0 Å². The van der Waals surface area contributed by atoms with Crippen LogP contribution < -0.4 is 10.9 Å². The number of urea groups is 1. The molecule has 2 aromatic rings. The van der Waals surface area contributed by atoms with Crippen molar-refractivity contribution in [3.8, 4) is 0 Å². The highest BCUT2D eigenvalue weighted by Gasteiger charge is 2.04. The lowest BCUT2D eigenvalue weighted by molar-refractivity contribution is 0.0592. The molecule has 2 rings (SSSR count). The van der Waals surface area contributed by atoms with E-state index in [4.69, 9.17) is 0 Å². The van der Waals surface area contributed by atoms with E-state index in [0.717, 1.165) is 0 Å². The molecule has 0 heterocycles. The van der Waals surface area contributed by atoms with Crippen molar-refractivity contribution in [2.24, 2.45) is 10.2 Å². The van der Waals surface area contributed by atoms with Crippen LogP contribution in [0.25, 0.3) is 0 Å². The molecule has 9 nitrogen and oxygen atoms in total. The van der Waals surface area contributed by atoms with E-state index in [2.05, 4.69) is 30.5 Å². The molecule has 0 aromatic heterocycles. The summed E-state index contributed by atoms with van der Waals surface area (Å²) in [6.07, 6.45) is 2.83. The summed E-state index contributed by atoms with van der Waals surface area (Å²) in [4.78, 5) is 34.3. The molecule has 0 aliphatic carbocycles. The van der Waals surface area contributed by atoms with Crippen LogP contribution in [0, 0.1) is 0 Å². The summed E-state index contributed by atoms with van der Waals surface area (Å²) in [7, 11) is 2.61. The minimum Gasteiger partial charge on any atom is -0.465 e. The molecular weight excluding hydrogens is 364 g/mol. The molecule has 2 N–H and O–H groups in total. The second-order valence-electron chi connectivity index (χ2n) is 5.30. The van der Waals surface area contributed by atoms with Gasteiger partial charge in [-0.25, -0.2) is 25.2 Å². The topological polar surface area (TPSA) is 118 Å². The van der Waals surface area contributed by atoms with Crippen molar-refractivity contribution < 1.29 is 23.9 Å². The number of hydrazone groups is 2. The number of nitrogens with one attached hydrogen (secondary N) is 2. The number of hydrogen-bond acceptors (Lipinski definition) is 7. The normalized spacial score (nSPS) is 10.6. The Labute approximate surface area is 161 Å². The van der Waals surface area contributed by atoms with Crippen molar-refractivity contribution in [3.63, 3.8) is 0 Å². The first-order valence-electron chi connectivity index (χ1n) is 8.02. The van der Waals surface area contributed by atoms with Gasteiger partial charge in [0.25, 0.3) is 0 Å². The molecule has 144 valence electrons. The molecule has 0 bridgehead atoms. The number of benzene rings is 2. The zero-order valence-corrected chi connectivity index (χ0v) is 15.2. The Bertz CT molecular complexity index is 816. The van der Waals surface area contributed by atoms with Gasteiger partial charge in [0.15, 0.2) is 0 Å². The van der Waals surface area contributed by atoms with Gasteiger partial charge in [-0.05, 0) is 35.4 Å². The van der Waals surface area contributed by atoms with Crippen LogP contribution in [0.2, 0.25) is 0 Å². The molecule has 0 unspecified atom stereocenters. The zero-order chi connectivity index (χ0) is 20.4. The molecule has 0 saturated heterocycles. The minimum atomic E-state index is -0.634. The molecule has 0 saturated carbocycles. The Hall–Kier alpha value is -4.01. The summed E-state index contributed by atoms with van der Waals surface area (Å²) in [5.74, 6) is -0.863. The van der Waals surface area contributed by atoms with Gasteiger partial charge in [-0.1, -0.05) is 24.3 Å². The maximum atomic E-state index is 11.6. The van der Waals surface area contributed by atoms with Gasteiger partial charge in [0.05, 0.1) is 37.8 Å². The zero-order valence-electron chi connectivity index (χ0n) is 15.2. The highest BCUT2D eigenvalue weighted by molar-refractivity contribution is 5.91. The third-order valence-corrected chi connectivity index (χ3v) is 3.42. The molecule has 0 fully saturated rings. The molecule has 28 heavy (non-hydrogen) atoms. The van der Waals surface area contributed by atoms with Crippen molar-refractivity contribution in [2.75, 3.05) is 14.2 Å². The first-order chi connectivity index (χ1) is 13.5. The van der Waals surface area contributed by atoms with E-state index in [1.165, 1.54) is 26.6 Å². The summed E-state index contributed by atoms with van der Waals surface area (Å²) in [6, 6.07) is 12.3. The standard InChI is InChI=1S/C19H18N4O5/c1-27-17(24)15-7-3-13(4-8-15)11-20-22-19(26)23-21-12-14-5-9-16(10-6-14)18(25)28-2/h3-12H,1-2H3,(H2,22,23,26). The van der Waals surface area contributed by atoms with E-state index in [1.54, 1.807) is 48.5 Å². The molecule has 0 spiro atoms. The van der Waals surface area contributed by atoms with Crippen LogP contribution in [0.5, 0.6) is 0 Å². The van der Waals surface area contributed by atoms with Crippen LogP contribution in [0.4, 0.5) is 4.79 Å². The quantitative estimate of drug-likeness (QED) is 0.450. The Balaban J connectivity index is 1.80. The Morgan fingerprint density at radius 2 is 1.07 bits per heavy atom. The van der Waals surface area contributed by atoms with Gasteiger partial charge >= 0.3 is 18.0 Å². The first kappa shape index (κ1) is 20.3. The van der Waals surface area contributed by atoms with Gasteiger partial charge in [-0.3, -0.25) is 0 Å². The van der Waals surface area contributed by atoms with Crippen LogP contribution >= 0.6 is 0 Å². The van der Waals surface area contributed by atoms with Gasteiger partial charge in [0.1, 0.15) is 0 Å². The number of ether oxygens (including phenoxy) is 2. The highest BCUT2D eigenvalue weighted by Crippen LogP contribution is 2.04. The number of nitrogens with zero attached hydrogens (tertiary/aromatic N) is 2. The van der Waals surface area contributed by atoms with Gasteiger partial charge in [0.2, 0.25) is 0 Å². The number of rotatable bonds is 6. The fraction of sp³-hybridized carbons (Fsp3) is 0.105. The number of carbonyl (C=O) groups is 3. The van der Waals surface area contributed by atoms with Crippen LogP contribution in [-0.2, 0) is 9.47 Å². The predicted octanol–water partition coefficient (Wildman–Crippen LogP) is 1.93. The largest absolute Gasteiger partial charge is 0.465 e. The fourth-order valence-corrected chi connectivity index (χ4v) is 2.00. The van der Waals surface area contributed by atoms with E-state index in [9.17, 15) is 14.4 Å². The average Bonchev–Trinajstić information content (AvgIpc) is 2.73. The van der Waals surface area contributed by atoms with Crippen molar-refractivity contribution in [2.45, 2.75) is 0 Å². The maximum Gasteiger partial charge on any atom is 0.355 e. The Morgan fingerprint density at radius 3 is 1.39 bits per heavy atom. The highest BCUT2D eigenvalue weighted by atomic mass is 16.5. The van der Waals surface area contributed by atoms with Crippen molar-refractivity contribution in [1.29, 1.82) is 0 Å². The summed E-state index contributed by atoms with van der Waals surface area (Å²) in [5, 5.41) is 7.55. The fourth-order valence-electron chi connectivity index (χ4n) is 2.00. The average molecular weight is 382 g/mol. The third kappa shape index (κ3) is 6.06. The third-order valence-electron chi connectivity index (χ3n) is 3.42. The van der Waals surface area contributed by atoms with Gasteiger partial charge in [0, 0.05) is 0 Å². The summed E-state index contributed by atoms with van der Waals surface area (Å²) in [6.45, 7) is 0. The van der Waals surface area contributed by atoms with Gasteiger partial charge in [-0.2, -0.15) is 10.2 Å². The molecule has 9 heteroatoms. The summed E-state index contributed by atoms with van der Waals surface area (Å²) >= 11 is 0. The number of hydrogen-bond donors (Lipinski definition) is 2. The van der Waals surface area contributed by atoms with E-state index in [-0.39, 0.29) is 0 Å². The molecule has 2 aromatic carbocycles. The first-order valence-corrected chi connectivity index (χ1v) is 8.02. The number of carbonyl (C=O) groups excluding carboxylic acids is 3. The van der Waals surface area contributed by atoms with Gasteiger partial charge < -0.3 is 9.47 Å². The minimum absolute atomic E-state index is 0.416. The molecule has 2 amide bonds. The molecular formula is C19H18N4O5. The van der Waals surface area contributed by atoms with Gasteiger partial charge in [-0.15, -0.1) is 0 Å². The molecule has 0 aliphatic heterocycles. The number of amides is 2. The molecule has 0 radical (unpaired) electrons. The molecule has 0 aliphatic rings. The Kier molecular flexibility index (Phi) is 7.41. The second-order valence-corrected chi connectivity index (χ2v) is 5.30. The van der Waals surface area contributed by atoms with Crippen molar-refractivity contribution in [3.05, 3.63) is 70.8 Å². The summed E-state index contributed by atoms with van der Waals surface area (Å²) in [5.41, 5.74) is 6.70. The second kappa shape index (κ2) is 10.2. The lowest BCUT2D eigenvalue weighted by atomic mass is 10.1. The Morgan fingerprint density at radius 1 is 0.714 bits per heavy atom. The number of methoxy groups -OCH3 is 2. The number of esters is 2. The smallest absolute Gasteiger partial charge is 0.355 e. The van der Waals surface area contributed by atoms with Crippen LogP contribution in [0.15, 0.2) is 58.7 Å². The van der Waals surface area contributed by atoms with E-state index < -0.39 is 18.0 Å². The van der Waals surface area contributed by atoms with Crippen LogP contribution in [-0.4, -0.2) is 44.6 Å².